The lowest BCUT2D eigenvalue weighted by Gasteiger charge is -2.12. The minimum Gasteiger partial charge on any atom is -0.478 e. The minimum atomic E-state index is -0.763. The Morgan fingerprint density at radius 1 is 1.64 bits per heavy atom. The van der Waals surface area contributed by atoms with Crippen LogP contribution in [-0.4, -0.2) is 16.5 Å². The molecule has 0 saturated heterocycles. The van der Waals surface area contributed by atoms with Crippen LogP contribution in [0.3, 0.4) is 0 Å². The van der Waals surface area contributed by atoms with Crippen molar-refractivity contribution in [3.05, 3.63) is 11.6 Å². The van der Waals surface area contributed by atoms with Crippen LogP contribution in [-0.2, 0) is 4.79 Å². The van der Waals surface area contributed by atoms with Gasteiger partial charge in [0.1, 0.15) is 0 Å². The number of carboxylic acids is 1. The van der Waals surface area contributed by atoms with Gasteiger partial charge < -0.3 is 5.11 Å². The SMILES string of the molecule is O=C(O)C1=CC2CC1CC2Cl. The van der Waals surface area contributed by atoms with Crippen molar-refractivity contribution in [1.82, 2.24) is 0 Å². The molecule has 2 rings (SSSR count). The summed E-state index contributed by atoms with van der Waals surface area (Å²) in [5.74, 6) is -0.200. The van der Waals surface area contributed by atoms with E-state index in [4.69, 9.17) is 16.7 Å². The molecule has 2 aliphatic carbocycles. The number of rotatable bonds is 1. The molecule has 0 aromatic rings. The molecular formula is C8H9ClO2. The van der Waals surface area contributed by atoms with Gasteiger partial charge in [-0.05, 0) is 24.7 Å². The molecular weight excluding hydrogens is 164 g/mol. The molecule has 1 saturated carbocycles. The summed E-state index contributed by atoms with van der Waals surface area (Å²) in [5.41, 5.74) is 0.590. The Labute approximate surface area is 69.9 Å². The summed E-state index contributed by atoms with van der Waals surface area (Å²) in [4.78, 5) is 10.6. The van der Waals surface area contributed by atoms with E-state index < -0.39 is 5.97 Å². The van der Waals surface area contributed by atoms with E-state index in [-0.39, 0.29) is 11.3 Å². The first kappa shape index (κ1) is 7.17. The Balaban J connectivity index is 2.24. The quantitative estimate of drug-likeness (QED) is 0.611. The van der Waals surface area contributed by atoms with Crippen LogP contribution < -0.4 is 0 Å². The van der Waals surface area contributed by atoms with Crippen LogP contribution in [0.25, 0.3) is 0 Å². The van der Waals surface area contributed by atoms with E-state index in [1.54, 1.807) is 0 Å². The lowest BCUT2D eigenvalue weighted by Crippen LogP contribution is -2.13. The smallest absolute Gasteiger partial charge is 0.331 e. The summed E-state index contributed by atoms with van der Waals surface area (Å²) in [6, 6.07) is 0. The van der Waals surface area contributed by atoms with Crippen LogP contribution in [0, 0.1) is 11.8 Å². The zero-order chi connectivity index (χ0) is 8.01. The molecule has 2 bridgehead atoms. The maximum atomic E-state index is 10.6. The Morgan fingerprint density at radius 2 is 2.36 bits per heavy atom. The Morgan fingerprint density at radius 3 is 2.73 bits per heavy atom. The summed E-state index contributed by atoms with van der Waals surface area (Å²) < 4.78 is 0. The fourth-order valence-electron chi connectivity index (χ4n) is 2.06. The number of carbonyl (C=O) groups is 1. The normalized spacial score (nSPS) is 40.8. The van der Waals surface area contributed by atoms with Gasteiger partial charge >= 0.3 is 5.97 Å². The van der Waals surface area contributed by atoms with Crippen molar-refractivity contribution in [2.45, 2.75) is 18.2 Å². The molecule has 3 unspecified atom stereocenters. The summed E-state index contributed by atoms with van der Waals surface area (Å²) in [5, 5.41) is 8.89. The third-order valence-corrected chi connectivity index (χ3v) is 3.11. The van der Waals surface area contributed by atoms with Crippen molar-refractivity contribution in [2.24, 2.45) is 11.8 Å². The average molecular weight is 173 g/mol. The van der Waals surface area contributed by atoms with Crippen LogP contribution in [0.15, 0.2) is 11.6 Å². The van der Waals surface area contributed by atoms with Gasteiger partial charge in [-0.2, -0.15) is 0 Å². The molecule has 1 fully saturated rings. The van der Waals surface area contributed by atoms with Crippen molar-refractivity contribution in [3.63, 3.8) is 0 Å². The van der Waals surface area contributed by atoms with E-state index in [1.807, 2.05) is 6.08 Å². The third kappa shape index (κ3) is 0.968. The van der Waals surface area contributed by atoms with E-state index in [1.165, 1.54) is 0 Å². The molecule has 0 amide bonds. The van der Waals surface area contributed by atoms with E-state index in [0.717, 1.165) is 12.8 Å². The van der Waals surface area contributed by atoms with Gasteiger partial charge in [0.25, 0.3) is 0 Å². The molecule has 11 heavy (non-hydrogen) atoms. The number of allylic oxidation sites excluding steroid dienone is 1. The van der Waals surface area contributed by atoms with E-state index >= 15 is 0 Å². The Kier molecular flexibility index (Phi) is 1.46. The zero-order valence-corrected chi connectivity index (χ0v) is 6.71. The van der Waals surface area contributed by atoms with Gasteiger partial charge in [-0.1, -0.05) is 6.08 Å². The second-order valence-electron chi connectivity index (χ2n) is 3.28. The first-order chi connectivity index (χ1) is 5.18. The molecule has 2 aliphatic rings. The van der Waals surface area contributed by atoms with E-state index in [2.05, 4.69) is 0 Å². The van der Waals surface area contributed by atoms with Gasteiger partial charge in [0.05, 0.1) is 0 Å². The Hall–Kier alpha value is -0.500. The van der Waals surface area contributed by atoms with Crippen molar-refractivity contribution >= 4 is 17.6 Å². The maximum absolute atomic E-state index is 10.6. The minimum absolute atomic E-state index is 0.183. The maximum Gasteiger partial charge on any atom is 0.331 e. The topological polar surface area (TPSA) is 37.3 Å². The largest absolute Gasteiger partial charge is 0.478 e. The summed E-state index contributed by atoms with van der Waals surface area (Å²) in [6.07, 6.45) is 3.63. The van der Waals surface area contributed by atoms with Gasteiger partial charge in [-0.15, -0.1) is 11.6 Å². The highest BCUT2D eigenvalue weighted by molar-refractivity contribution is 6.21. The predicted octanol–water partition coefficient (Wildman–Crippen LogP) is 1.64. The van der Waals surface area contributed by atoms with Gasteiger partial charge in [-0.25, -0.2) is 4.79 Å². The molecule has 3 atom stereocenters. The standard InChI is InChI=1S/C8H9ClO2/c9-7-3-4-1-5(7)2-6(4)8(10)11/h2,4-5,7H,1,3H2,(H,10,11). The Bertz CT molecular complexity index is 234. The molecule has 0 aromatic carbocycles. The fourth-order valence-corrected chi connectivity index (χ4v) is 2.45. The summed E-state index contributed by atoms with van der Waals surface area (Å²) in [7, 11) is 0. The highest BCUT2D eigenvalue weighted by Crippen LogP contribution is 2.46. The van der Waals surface area contributed by atoms with Gasteiger partial charge in [0, 0.05) is 11.0 Å². The average Bonchev–Trinajstić information content (AvgIpc) is 2.43. The molecule has 1 N–H and O–H groups in total. The highest BCUT2D eigenvalue weighted by atomic mass is 35.5. The van der Waals surface area contributed by atoms with Crippen LogP contribution in [0.5, 0.6) is 0 Å². The first-order valence-electron chi connectivity index (χ1n) is 3.77. The number of halogens is 1. The molecule has 60 valence electrons. The van der Waals surface area contributed by atoms with Crippen LogP contribution in [0.4, 0.5) is 0 Å². The van der Waals surface area contributed by atoms with Crippen LogP contribution >= 0.6 is 11.6 Å². The van der Waals surface area contributed by atoms with Crippen LogP contribution in [0.1, 0.15) is 12.8 Å². The number of alkyl halides is 1. The van der Waals surface area contributed by atoms with Gasteiger partial charge in [-0.3, -0.25) is 0 Å². The summed E-state index contributed by atoms with van der Waals surface area (Å²) >= 11 is 5.94. The van der Waals surface area contributed by atoms with Crippen LogP contribution in [0.2, 0.25) is 0 Å². The first-order valence-corrected chi connectivity index (χ1v) is 4.21. The van der Waals surface area contributed by atoms with E-state index in [0.29, 0.717) is 11.5 Å². The number of aliphatic carboxylic acids is 1. The molecule has 0 aliphatic heterocycles. The summed E-state index contributed by atoms with van der Waals surface area (Å²) in [6.45, 7) is 0. The zero-order valence-electron chi connectivity index (χ0n) is 5.96. The number of carboxylic acid groups (broad SMARTS) is 1. The third-order valence-electron chi connectivity index (χ3n) is 2.61. The number of fused-ring (bicyclic) bond motifs is 2. The molecule has 3 heteroatoms. The molecule has 0 aromatic heterocycles. The number of hydrogen-bond acceptors (Lipinski definition) is 1. The fraction of sp³-hybridized carbons (Fsp3) is 0.625. The number of hydrogen-bond donors (Lipinski definition) is 1. The van der Waals surface area contributed by atoms with Crippen molar-refractivity contribution in [3.8, 4) is 0 Å². The molecule has 0 radical (unpaired) electrons. The van der Waals surface area contributed by atoms with Gasteiger partial charge in [0.15, 0.2) is 0 Å². The second-order valence-corrected chi connectivity index (χ2v) is 3.84. The highest BCUT2D eigenvalue weighted by Gasteiger charge is 2.41. The van der Waals surface area contributed by atoms with Crippen molar-refractivity contribution in [1.29, 1.82) is 0 Å². The second kappa shape index (κ2) is 2.24. The molecule has 2 nitrogen and oxygen atoms in total. The van der Waals surface area contributed by atoms with Crippen molar-refractivity contribution < 1.29 is 9.90 Å². The monoisotopic (exact) mass is 172 g/mol. The van der Waals surface area contributed by atoms with Crippen molar-refractivity contribution in [2.75, 3.05) is 0 Å². The van der Waals surface area contributed by atoms with Gasteiger partial charge in [0.2, 0.25) is 0 Å². The molecule has 0 heterocycles. The molecule has 0 spiro atoms. The van der Waals surface area contributed by atoms with E-state index in [9.17, 15) is 4.79 Å². The lowest BCUT2D eigenvalue weighted by molar-refractivity contribution is -0.133. The lowest BCUT2D eigenvalue weighted by atomic mass is 9.99. The predicted molar refractivity (Wildman–Crippen MR) is 41.6 cm³/mol.